The number of ether oxygens (including phenoxy) is 1. The summed E-state index contributed by atoms with van der Waals surface area (Å²) in [5.41, 5.74) is 2.88. The molecule has 0 fully saturated rings. The molecule has 5 heteroatoms. The molecule has 0 saturated carbocycles. The van der Waals surface area contributed by atoms with Crippen LogP contribution in [0.3, 0.4) is 0 Å². The van der Waals surface area contributed by atoms with Gasteiger partial charge in [-0.15, -0.1) is 0 Å². The highest BCUT2D eigenvalue weighted by atomic mass is 16.5. The summed E-state index contributed by atoms with van der Waals surface area (Å²) in [4.78, 5) is 14.1. The average molecular weight is 368 g/mol. The van der Waals surface area contributed by atoms with Crippen molar-refractivity contribution in [3.05, 3.63) is 64.9 Å². The van der Waals surface area contributed by atoms with Crippen molar-refractivity contribution < 1.29 is 14.3 Å². The highest BCUT2D eigenvalue weighted by molar-refractivity contribution is 5.89. The third-order valence-electron chi connectivity index (χ3n) is 4.38. The molecule has 144 valence electrons. The monoisotopic (exact) mass is 368 g/mol. The number of nitrogens with zero attached hydrogens (tertiary/aromatic N) is 2. The summed E-state index contributed by atoms with van der Waals surface area (Å²) in [5.74, 6) is -0.358. The van der Waals surface area contributed by atoms with Gasteiger partial charge in [-0.1, -0.05) is 13.3 Å². The van der Waals surface area contributed by atoms with Gasteiger partial charge < -0.3 is 14.8 Å². The molecule has 27 heavy (non-hydrogen) atoms. The molecule has 0 aliphatic heterocycles. The molecule has 2 rings (SSSR count). The number of unbranched alkanes of at least 4 members (excludes halogenated alkanes) is 1. The summed E-state index contributed by atoms with van der Waals surface area (Å²) in [6.45, 7) is 8.58. The van der Waals surface area contributed by atoms with Crippen molar-refractivity contribution in [3.63, 3.8) is 0 Å². The Morgan fingerprint density at radius 3 is 2.22 bits per heavy atom. The van der Waals surface area contributed by atoms with Gasteiger partial charge in [-0.25, -0.2) is 4.79 Å². The van der Waals surface area contributed by atoms with E-state index in [1.165, 1.54) is 6.21 Å². The normalized spacial score (nSPS) is 11.3. The van der Waals surface area contributed by atoms with E-state index in [0.717, 1.165) is 41.9 Å². The smallest absolute Gasteiger partial charge is 0.338 e. The van der Waals surface area contributed by atoms with Crippen LogP contribution < -0.4 is 4.90 Å². The molecule has 0 saturated heterocycles. The summed E-state index contributed by atoms with van der Waals surface area (Å²) in [5, 5.41) is 12.4. The molecule has 0 unspecified atom stereocenters. The third kappa shape index (κ3) is 5.84. The van der Waals surface area contributed by atoms with Crippen LogP contribution >= 0.6 is 0 Å². The Bertz CT molecular complexity index is 748. The van der Waals surface area contributed by atoms with E-state index < -0.39 is 0 Å². The van der Waals surface area contributed by atoms with E-state index in [0.29, 0.717) is 17.9 Å². The predicted molar refractivity (Wildman–Crippen MR) is 110 cm³/mol. The van der Waals surface area contributed by atoms with E-state index >= 15 is 0 Å². The Hall–Kier alpha value is -2.82. The van der Waals surface area contributed by atoms with Gasteiger partial charge in [0, 0.05) is 36.5 Å². The van der Waals surface area contributed by atoms with Crippen LogP contribution in [-0.4, -0.2) is 36.6 Å². The van der Waals surface area contributed by atoms with Crippen LogP contribution in [0.5, 0.6) is 0 Å². The molecular formula is C22H28N2O3. The fourth-order valence-corrected chi connectivity index (χ4v) is 2.71. The maximum absolute atomic E-state index is 12.4. The van der Waals surface area contributed by atoms with Crippen LogP contribution in [0, 0.1) is 5.21 Å². The average Bonchev–Trinajstić information content (AvgIpc) is 2.70. The van der Waals surface area contributed by atoms with Gasteiger partial charge in [-0.3, -0.25) is 0 Å². The first-order chi connectivity index (χ1) is 13.1. The maximum Gasteiger partial charge on any atom is 0.338 e. The van der Waals surface area contributed by atoms with Crippen molar-refractivity contribution >= 4 is 23.6 Å². The Balaban J connectivity index is 2.06. The summed E-state index contributed by atoms with van der Waals surface area (Å²) >= 11 is 0. The number of anilines is 1. The highest BCUT2D eigenvalue weighted by Gasteiger charge is 2.09. The second-order valence-electron chi connectivity index (χ2n) is 6.26. The fraction of sp³-hybridized carbons (Fsp3) is 0.364. The first-order valence-electron chi connectivity index (χ1n) is 9.52. The van der Waals surface area contributed by atoms with E-state index in [2.05, 4.69) is 18.7 Å². The van der Waals surface area contributed by atoms with E-state index in [9.17, 15) is 10.0 Å². The van der Waals surface area contributed by atoms with Gasteiger partial charge in [0.1, 0.15) is 0 Å². The summed E-state index contributed by atoms with van der Waals surface area (Å²) in [6, 6.07) is 14.4. The van der Waals surface area contributed by atoms with E-state index in [1.807, 2.05) is 31.2 Å². The number of esters is 1. The van der Waals surface area contributed by atoms with Crippen molar-refractivity contribution in [2.75, 3.05) is 24.6 Å². The fourth-order valence-electron chi connectivity index (χ4n) is 2.71. The zero-order valence-corrected chi connectivity index (χ0v) is 16.4. The van der Waals surface area contributed by atoms with Gasteiger partial charge in [0.25, 0.3) is 0 Å². The lowest BCUT2D eigenvalue weighted by atomic mass is 10.2. The maximum atomic E-state index is 12.4. The van der Waals surface area contributed by atoms with Gasteiger partial charge in [0.05, 0.1) is 12.2 Å². The van der Waals surface area contributed by atoms with Crippen molar-refractivity contribution in [2.45, 2.75) is 33.6 Å². The Labute approximate surface area is 161 Å². The van der Waals surface area contributed by atoms with Gasteiger partial charge in [-0.2, -0.15) is 4.74 Å². The zero-order valence-electron chi connectivity index (χ0n) is 16.4. The van der Waals surface area contributed by atoms with Gasteiger partial charge in [0.2, 0.25) is 5.69 Å². The molecule has 0 radical (unpaired) electrons. The Kier molecular flexibility index (Phi) is 7.86. The van der Waals surface area contributed by atoms with Crippen molar-refractivity contribution in [2.24, 2.45) is 0 Å². The van der Waals surface area contributed by atoms with E-state index in [-0.39, 0.29) is 5.97 Å². The number of carbonyl (C=O) groups excluding carboxylic acids is 1. The molecule has 0 spiro atoms. The number of hydrogen-bond acceptors (Lipinski definition) is 4. The van der Waals surface area contributed by atoms with Crippen molar-refractivity contribution in [3.8, 4) is 0 Å². The number of hydrogen-bond donors (Lipinski definition) is 0. The molecule has 0 aliphatic rings. The molecule has 0 aromatic heterocycles. The molecule has 0 aliphatic carbocycles. The highest BCUT2D eigenvalue weighted by Crippen LogP contribution is 2.16. The minimum absolute atomic E-state index is 0.358. The van der Waals surface area contributed by atoms with Crippen LogP contribution in [-0.2, 0) is 4.74 Å². The second-order valence-corrected chi connectivity index (χ2v) is 6.26. The first kappa shape index (κ1) is 20.5. The van der Waals surface area contributed by atoms with Crippen molar-refractivity contribution in [1.29, 1.82) is 0 Å². The topological polar surface area (TPSA) is 55.6 Å². The van der Waals surface area contributed by atoms with Gasteiger partial charge in [0.15, 0.2) is 6.21 Å². The Morgan fingerprint density at radius 1 is 1.04 bits per heavy atom. The molecule has 2 aromatic rings. The predicted octanol–water partition coefficient (Wildman–Crippen LogP) is 4.75. The largest absolute Gasteiger partial charge is 0.618 e. The summed E-state index contributed by atoms with van der Waals surface area (Å²) in [6.07, 6.45) is 3.35. The molecule has 0 N–H and O–H groups in total. The minimum Gasteiger partial charge on any atom is -0.618 e. The SMILES string of the molecule is CCCCOC(=O)c1ccc([N+]([O-])=Cc2ccc(N(CC)CC)cc2)cc1. The molecular weight excluding hydrogens is 340 g/mol. The number of benzene rings is 2. The lowest BCUT2D eigenvalue weighted by molar-refractivity contribution is -0.354. The van der Waals surface area contributed by atoms with Gasteiger partial charge in [-0.05, 0) is 56.7 Å². The quantitative estimate of drug-likeness (QED) is 0.160. The van der Waals surface area contributed by atoms with Gasteiger partial charge >= 0.3 is 5.97 Å². The molecule has 0 heterocycles. The molecule has 5 nitrogen and oxygen atoms in total. The van der Waals surface area contributed by atoms with Crippen molar-refractivity contribution in [1.82, 2.24) is 0 Å². The molecule has 0 bridgehead atoms. The summed E-state index contributed by atoms with van der Waals surface area (Å²) in [7, 11) is 0. The molecule has 0 amide bonds. The van der Waals surface area contributed by atoms with Crippen LogP contribution in [0.25, 0.3) is 0 Å². The standard InChI is InChI=1S/C22H28N2O3/c1-4-7-16-27-22(25)19-10-14-21(15-11-19)24(26)17-18-8-12-20(13-9-18)23(5-2)6-3/h8-15,17H,4-7,16H2,1-3H3. The Morgan fingerprint density at radius 2 is 1.67 bits per heavy atom. The van der Waals surface area contributed by atoms with Crippen LogP contribution in [0.15, 0.2) is 48.5 Å². The molecule has 2 aromatic carbocycles. The number of carbonyl (C=O) groups is 1. The lowest BCUT2D eigenvalue weighted by Gasteiger charge is -2.20. The second kappa shape index (κ2) is 10.4. The first-order valence-corrected chi connectivity index (χ1v) is 9.52. The molecule has 0 atom stereocenters. The van der Waals surface area contributed by atoms with Crippen LogP contribution in [0.4, 0.5) is 11.4 Å². The van der Waals surface area contributed by atoms with Crippen LogP contribution in [0.2, 0.25) is 0 Å². The number of rotatable bonds is 9. The van der Waals surface area contributed by atoms with E-state index in [4.69, 9.17) is 4.74 Å². The summed E-state index contributed by atoms with van der Waals surface area (Å²) < 4.78 is 5.98. The van der Waals surface area contributed by atoms with E-state index in [1.54, 1.807) is 24.3 Å². The lowest BCUT2D eigenvalue weighted by Crippen LogP contribution is -2.21. The zero-order chi connectivity index (χ0) is 19.6. The minimum atomic E-state index is -0.358. The van der Waals surface area contributed by atoms with Crippen LogP contribution in [0.1, 0.15) is 49.5 Å². The third-order valence-corrected chi connectivity index (χ3v) is 4.38.